The third-order valence-corrected chi connectivity index (χ3v) is 4.31. The predicted octanol–water partition coefficient (Wildman–Crippen LogP) is 5.25. The van der Waals surface area contributed by atoms with Gasteiger partial charge in [-0.3, -0.25) is 4.79 Å². The zero-order chi connectivity index (χ0) is 17.5. The van der Waals surface area contributed by atoms with Gasteiger partial charge in [0.2, 0.25) is 0 Å². The first-order valence-corrected chi connectivity index (χ1v) is 9.14. The number of carbonyl (C=O) groups is 1. The van der Waals surface area contributed by atoms with Crippen molar-refractivity contribution >= 4 is 33.4 Å². The Morgan fingerprint density at radius 1 is 1.25 bits per heavy atom. The van der Waals surface area contributed by atoms with Crippen molar-refractivity contribution in [3.8, 4) is 5.75 Å². The SMILES string of the molecule is CCCOc1ccc(C(=O)N[C@H](C)Cc2ccc(Br)cc2)cc1Cl. The van der Waals surface area contributed by atoms with Gasteiger partial charge in [0, 0.05) is 16.1 Å². The number of benzene rings is 2. The van der Waals surface area contributed by atoms with E-state index in [4.69, 9.17) is 16.3 Å². The van der Waals surface area contributed by atoms with Gasteiger partial charge in [0.1, 0.15) is 5.75 Å². The molecule has 24 heavy (non-hydrogen) atoms. The molecule has 2 rings (SSSR count). The summed E-state index contributed by atoms with van der Waals surface area (Å²) in [4.78, 5) is 12.4. The molecule has 1 atom stereocenters. The zero-order valence-electron chi connectivity index (χ0n) is 13.8. The zero-order valence-corrected chi connectivity index (χ0v) is 16.2. The number of carbonyl (C=O) groups excluding carboxylic acids is 1. The predicted molar refractivity (Wildman–Crippen MR) is 102 cm³/mol. The number of halogens is 2. The second kappa shape index (κ2) is 9.09. The van der Waals surface area contributed by atoms with Gasteiger partial charge < -0.3 is 10.1 Å². The van der Waals surface area contributed by atoms with Crippen molar-refractivity contribution in [3.05, 3.63) is 63.1 Å². The minimum atomic E-state index is -0.136. The molecule has 0 heterocycles. The second-order valence-corrected chi connectivity index (χ2v) is 7.02. The van der Waals surface area contributed by atoms with Crippen molar-refractivity contribution in [1.82, 2.24) is 5.32 Å². The Bertz CT molecular complexity index is 688. The van der Waals surface area contributed by atoms with Crippen LogP contribution in [0.3, 0.4) is 0 Å². The average molecular weight is 411 g/mol. The molecule has 0 aliphatic heterocycles. The molecule has 0 saturated carbocycles. The van der Waals surface area contributed by atoms with Crippen molar-refractivity contribution in [2.24, 2.45) is 0 Å². The molecule has 0 bridgehead atoms. The number of rotatable bonds is 7. The van der Waals surface area contributed by atoms with Crippen molar-refractivity contribution in [3.63, 3.8) is 0 Å². The van der Waals surface area contributed by atoms with E-state index < -0.39 is 0 Å². The lowest BCUT2D eigenvalue weighted by Crippen LogP contribution is -2.34. The lowest BCUT2D eigenvalue weighted by atomic mass is 10.1. The molecular formula is C19H21BrClNO2. The molecule has 0 spiro atoms. The summed E-state index contributed by atoms with van der Waals surface area (Å²) >= 11 is 9.60. The highest BCUT2D eigenvalue weighted by Crippen LogP contribution is 2.25. The Hall–Kier alpha value is -1.52. The molecule has 1 N–H and O–H groups in total. The van der Waals surface area contributed by atoms with Gasteiger partial charge in [0.15, 0.2) is 0 Å². The van der Waals surface area contributed by atoms with Gasteiger partial charge in [0.25, 0.3) is 5.91 Å². The van der Waals surface area contributed by atoms with Crippen LogP contribution in [0, 0.1) is 0 Å². The fourth-order valence-electron chi connectivity index (χ4n) is 2.30. The topological polar surface area (TPSA) is 38.3 Å². The maximum atomic E-state index is 12.4. The smallest absolute Gasteiger partial charge is 0.251 e. The standard InChI is InChI=1S/C19H21BrClNO2/c1-3-10-24-18-9-6-15(12-17(18)21)19(23)22-13(2)11-14-4-7-16(20)8-5-14/h4-9,12-13H,3,10-11H2,1-2H3,(H,22,23)/t13-/m1/s1. The molecule has 0 radical (unpaired) electrons. The summed E-state index contributed by atoms with van der Waals surface area (Å²) < 4.78 is 6.57. The van der Waals surface area contributed by atoms with Crippen molar-refractivity contribution in [2.45, 2.75) is 32.7 Å². The summed E-state index contributed by atoms with van der Waals surface area (Å²) in [5.74, 6) is 0.474. The van der Waals surface area contributed by atoms with Crippen LogP contribution >= 0.6 is 27.5 Å². The summed E-state index contributed by atoms with van der Waals surface area (Å²) in [6.07, 6.45) is 1.68. The van der Waals surface area contributed by atoms with Gasteiger partial charge in [0.05, 0.1) is 11.6 Å². The van der Waals surface area contributed by atoms with E-state index >= 15 is 0 Å². The Kier molecular flexibility index (Phi) is 7.13. The number of nitrogens with one attached hydrogen (secondary N) is 1. The second-order valence-electron chi connectivity index (χ2n) is 5.70. The Morgan fingerprint density at radius 3 is 2.58 bits per heavy atom. The molecule has 0 unspecified atom stereocenters. The third-order valence-electron chi connectivity index (χ3n) is 3.49. The number of hydrogen-bond donors (Lipinski definition) is 1. The first-order chi connectivity index (χ1) is 11.5. The van der Waals surface area contributed by atoms with Gasteiger partial charge in [-0.25, -0.2) is 0 Å². The molecule has 1 amide bonds. The van der Waals surface area contributed by atoms with E-state index in [1.807, 2.05) is 38.1 Å². The van der Waals surface area contributed by atoms with Crippen LogP contribution in [0.1, 0.15) is 36.2 Å². The summed E-state index contributed by atoms with van der Waals surface area (Å²) in [7, 11) is 0. The minimum absolute atomic E-state index is 0.0217. The monoisotopic (exact) mass is 409 g/mol. The van der Waals surface area contributed by atoms with Crippen molar-refractivity contribution < 1.29 is 9.53 Å². The van der Waals surface area contributed by atoms with Crippen LogP contribution in [-0.2, 0) is 6.42 Å². The molecule has 2 aromatic carbocycles. The quantitative estimate of drug-likeness (QED) is 0.677. The van der Waals surface area contributed by atoms with Crippen LogP contribution < -0.4 is 10.1 Å². The van der Waals surface area contributed by atoms with Gasteiger partial charge in [-0.1, -0.05) is 46.6 Å². The van der Waals surface area contributed by atoms with Crippen LogP contribution in [0.25, 0.3) is 0 Å². The van der Waals surface area contributed by atoms with E-state index in [9.17, 15) is 4.79 Å². The highest BCUT2D eigenvalue weighted by atomic mass is 79.9. The molecule has 0 saturated heterocycles. The Balaban J connectivity index is 1.95. The molecule has 0 fully saturated rings. The first kappa shape index (κ1) is 18.8. The first-order valence-electron chi connectivity index (χ1n) is 7.97. The summed E-state index contributed by atoms with van der Waals surface area (Å²) in [5, 5.41) is 3.45. The number of ether oxygens (including phenoxy) is 1. The molecule has 0 aliphatic rings. The maximum absolute atomic E-state index is 12.4. The van der Waals surface area contributed by atoms with Gasteiger partial charge >= 0.3 is 0 Å². The van der Waals surface area contributed by atoms with Crippen molar-refractivity contribution in [1.29, 1.82) is 0 Å². The van der Waals surface area contributed by atoms with Crippen LogP contribution in [0.5, 0.6) is 5.75 Å². The number of amides is 1. The molecule has 3 nitrogen and oxygen atoms in total. The normalized spacial score (nSPS) is 11.8. The van der Waals surface area contributed by atoms with E-state index in [-0.39, 0.29) is 11.9 Å². The lowest BCUT2D eigenvalue weighted by Gasteiger charge is -2.15. The third kappa shape index (κ3) is 5.53. The Labute approximate surface area is 156 Å². The molecule has 5 heteroatoms. The maximum Gasteiger partial charge on any atom is 0.251 e. The molecule has 128 valence electrons. The van der Waals surface area contributed by atoms with Crippen LogP contribution in [0.15, 0.2) is 46.9 Å². The van der Waals surface area contributed by atoms with Crippen LogP contribution in [-0.4, -0.2) is 18.6 Å². The van der Waals surface area contributed by atoms with Gasteiger partial charge in [-0.05, 0) is 55.7 Å². The fraction of sp³-hybridized carbons (Fsp3) is 0.316. The molecular weight excluding hydrogens is 390 g/mol. The molecule has 0 aromatic heterocycles. The van der Waals surface area contributed by atoms with E-state index in [2.05, 4.69) is 21.2 Å². The highest BCUT2D eigenvalue weighted by molar-refractivity contribution is 9.10. The van der Waals surface area contributed by atoms with Crippen LogP contribution in [0.4, 0.5) is 0 Å². The Morgan fingerprint density at radius 2 is 1.96 bits per heavy atom. The van der Waals surface area contributed by atoms with Crippen molar-refractivity contribution in [2.75, 3.05) is 6.61 Å². The number of hydrogen-bond acceptors (Lipinski definition) is 2. The molecule has 2 aromatic rings. The van der Waals surface area contributed by atoms with Gasteiger partial charge in [-0.15, -0.1) is 0 Å². The average Bonchev–Trinajstić information content (AvgIpc) is 2.55. The lowest BCUT2D eigenvalue weighted by molar-refractivity contribution is 0.0940. The summed E-state index contributed by atoms with van der Waals surface area (Å²) in [6, 6.07) is 13.2. The summed E-state index contributed by atoms with van der Waals surface area (Å²) in [6.45, 7) is 4.62. The van der Waals surface area contributed by atoms with Gasteiger partial charge in [-0.2, -0.15) is 0 Å². The summed E-state index contributed by atoms with van der Waals surface area (Å²) in [5.41, 5.74) is 1.71. The van der Waals surface area contributed by atoms with E-state index in [1.54, 1.807) is 18.2 Å². The minimum Gasteiger partial charge on any atom is -0.492 e. The van der Waals surface area contributed by atoms with E-state index in [1.165, 1.54) is 5.56 Å². The van der Waals surface area contributed by atoms with E-state index in [0.717, 1.165) is 17.3 Å². The highest BCUT2D eigenvalue weighted by Gasteiger charge is 2.12. The van der Waals surface area contributed by atoms with Crippen LogP contribution in [0.2, 0.25) is 5.02 Å². The fourth-order valence-corrected chi connectivity index (χ4v) is 2.80. The largest absolute Gasteiger partial charge is 0.492 e. The molecule has 0 aliphatic carbocycles. The van der Waals surface area contributed by atoms with E-state index in [0.29, 0.717) is 22.9 Å².